The van der Waals surface area contributed by atoms with Gasteiger partial charge in [-0.2, -0.15) is 0 Å². The van der Waals surface area contributed by atoms with Crippen LogP contribution in [0.15, 0.2) is 43.2 Å². The van der Waals surface area contributed by atoms with E-state index in [4.69, 9.17) is 32.9 Å². The maximum atomic E-state index is 6.53. The van der Waals surface area contributed by atoms with E-state index >= 15 is 0 Å². The summed E-state index contributed by atoms with van der Waals surface area (Å²) < 4.78 is 7.98. The highest BCUT2D eigenvalue weighted by atomic mass is 35.5. The van der Waals surface area contributed by atoms with Gasteiger partial charge < -0.3 is 9.64 Å². The zero-order valence-corrected chi connectivity index (χ0v) is 18.5. The molecule has 2 aromatic heterocycles. The van der Waals surface area contributed by atoms with E-state index in [9.17, 15) is 0 Å². The van der Waals surface area contributed by atoms with Crippen molar-refractivity contribution < 1.29 is 4.74 Å². The molecule has 5 nitrogen and oxygen atoms in total. The Balaban J connectivity index is 1.50. The van der Waals surface area contributed by atoms with Crippen LogP contribution in [-0.2, 0) is 4.74 Å². The van der Waals surface area contributed by atoms with Gasteiger partial charge in [-0.25, -0.2) is 9.97 Å². The standard InChI is InChI=1S/C23H24Cl2N4O/c1-3-16-13-23(14-30-16)7-10-28(11-8-23)22-21-26-9-12-29(21)20(15(2)27-22)17-5-4-6-18(24)19(17)25/h3-6,9,12,16H,1,7-8,10-11,13-14H2,2H3/t16-/m0/s1. The number of ether oxygens (including phenoxy) is 1. The van der Waals surface area contributed by atoms with E-state index in [0.29, 0.717) is 10.0 Å². The van der Waals surface area contributed by atoms with Crippen LogP contribution in [-0.4, -0.2) is 40.2 Å². The van der Waals surface area contributed by atoms with Gasteiger partial charge in [0.1, 0.15) is 0 Å². The van der Waals surface area contributed by atoms with Crippen LogP contribution in [0.2, 0.25) is 10.0 Å². The molecule has 0 unspecified atom stereocenters. The number of benzene rings is 1. The van der Waals surface area contributed by atoms with Crippen molar-refractivity contribution in [3.63, 3.8) is 0 Å². The van der Waals surface area contributed by atoms with E-state index < -0.39 is 0 Å². The van der Waals surface area contributed by atoms with Gasteiger partial charge in [0, 0.05) is 31.0 Å². The van der Waals surface area contributed by atoms with Gasteiger partial charge in [-0.3, -0.25) is 4.40 Å². The summed E-state index contributed by atoms with van der Waals surface area (Å²) in [4.78, 5) is 12.0. The number of hydrogen-bond acceptors (Lipinski definition) is 4. The van der Waals surface area contributed by atoms with Gasteiger partial charge in [0.05, 0.1) is 34.1 Å². The molecule has 0 N–H and O–H groups in total. The molecule has 1 atom stereocenters. The molecule has 4 heterocycles. The van der Waals surface area contributed by atoms with Crippen molar-refractivity contribution in [2.45, 2.75) is 32.3 Å². The van der Waals surface area contributed by atoms with Gasteiger partial charge in [-0.1, -0.05) is 41.4 Å². The van der Waals surface area contributed by atoms with Gasteiger partial charge in [-0.05, 0) is 37.7 Å². The topological polar surface area (TPSA) is 42.7 Å². The summed E-state index contributed by atoms with van der Waals surface area (Å²) >= 11 is 12.8. The zero-order valence-electron chi connectivity index (χ0n) is 16.9. The fraction of sp³-hybridized carbons (Fsp3) is 0.391. The van der Waals surface area contributed by atoms with Gasteiger partial charge in [0.25, 0.3) is 0 Å². The molecule has 1 aromatic carbocycles. The third-order valence-corrected chi connectivity index (χ3v) is 7.35. The first kappa shape index (κ1) is 19.9. The molecule has 0 aliphatic carbocycles. The van der Waals surface area contributed by atoms with Crippen molar-refractivity contribution in [3.8, 4) is 11.3 Å². The van der Waals surface area contributed by atoms with E-state index in [1.807, 2.05) is 37.5 Å². The van der Waals surface area contributed by atoms with Crippen molar-refractivity contribution in [1.29, 1.82) is 0 Å². The molecular formula is C23H24Cl2N4O. The first-order chi connectivity index (χ1) is 14.5. The van der Waals surface area contributed by atoms with Gasteiger partial charge in [0.2, 0.25) is 0 Å². The Labute approximate surface area is 186 Å². The first-order valence-corrected chi connectivity index (χ1v) is 11.0. The molecule has 0 bridgehead atoms. The summed E-state index contributed by atoms with van der Waals surface area (Å²) in [5, 5.41) is 1.06. The minimum atomic E-state index is 0.192. The SMILES string of the molecule is C=C[C@H]1CC2(CCN(c3nc(C)c(-c4cccc(Cl)c4Cl)n4ccnc34)CC2)CO1. The van der Waals surface area contributed by atoms with Crippen molar-refractivity contribution >= 4 is 34.7 Å². The zero-order chi connectivity index (χ0) is 20.9. The number of aryl methyl sites for hydroxylation is 1. The van der Waals surface area contributed by atoms with Crippen molar-refractivity contribution in [2.75, 3.05) is 24.6 Å². The molecule has 1 spiro atoms. The highest BCUT2D eigenvalue weighted by Crippen LogP contribution is 2.43. The first-order valence-electron chi connectivity index (χ1n) is 10.3. The highest BCUT2D eigenvalue weighted by Gasteiger charge is 2.42. The molecule has 2 aliphatic rings. The summed E-state index contributed by atoms with van der Waals surface area (Å²) in [6.45, 7) is 8.62. The molecule has 3 aromatic rings. The Morgan fingerprint density at radius 3 is 2.80 bits per heavy atom. The molecule has 0 radical (unpaired) electrons. The van der Waals surface area contributed by atoms with Crippen LogP contribution in [0.25, 0.3) is 16.9 Å². The number of nitrogens with zero attached hydrogens (tertiary/aromatic N) is 4. The Kier molecular flexibility index (Phi) is 5.00. The number of imidazole rings is 1. The second-order valence-electron chi connectivity index (χ2n) is 8.37. The van der Waals surface area contributed by atoms with E-state index in [2.05, 4.69) is 20.9 Å². The fourth-order valence-electron chi connectivity index (χ4n) is 4.83. The number of rotatable bonds is 3. The Hall–Kier alpha value is -2.08. The summed E-state index contributed by atoms with van der Waals surface area (Å²) in [6.07, 6.45) is 9.15. The Bertz CT molecular complexity index is 1120. The predicted molar refractivity (Wildman–Crippen MR) is 122 cm³/mol. The van der Waals surface area contributed by atoms with Crippen LogP contribution in [0.1, 0.15) is 25.0 Å². The van der Waals surface area contributed by atoms with Crippen molar-refractivity contribution in [1.82, 2.24) is 14.4 Å². The van der Waals surface area contributed by atoms with Crippen molar-refractivity contribution in [3.05, 3.63) is 59.0 Å². The number of aromatic nitrogens is 3. The number of piperidine rings is 1. The van der Waals surface area contributed by atoms with Crippen LogP contribution < -0.4 is 4.90 Å². The lowest BCUT2D eigenvalue weighted by atomic mass is 9.76. The van der Waals surface area contributed by atoms with Crippen LogP contribution in [0.3, 0.4) is 0 Å². The third kappa shape index (κ3) is 3.20. The normalized spacial score (nSPS) is 20.9. The minimum Gasteiger partial charge on any atom is -0.374 e. The minimum absolute atomic E-state index is 0.192. The number of halogens is 2. The van der Waals surface area contributed by atoms with Crippen LogP contribution in [0.5, 0.6) is 0 Å². The van der Waals surface area contributed by atoms with Gasteiger partial charge in [0.15, 0.2) is 11.5 Å². The molecular weight excluding hydrogens is 419 g/mol. The molecule has 2 saturated heterocycles. The lowest BCUT2D eigenvalue weighted by Crippen LogP contribution is -2.41. The van der Waals surface area contributed by atoms with Crippen molar-refractivity contribution in [2.24, 2.45) is 5.41 Å². The van der Waals surface area contributed by atoms with E-state index in [-0.39, 0.29) is 11.5 Å². The molecule has 5 rings (SSSR count). The monoisotopic (exact) mass is 442 g/mol. The Morgan fingerprint density at radius 2 is 2.07 bits per heavy atom. The second kappa shape index (κ2) is 7.56. The fourth-order valence-corrected chi connectivity index (χ4v) is 5.22. The molecule has 30 heavy (non-hydrogen) atoms. The lowest BCUT2D eigenvalue weighted by molar-refractivity contribution is 0.110. The van der Waals surface area contributed by atoms with Gasteiger partial charge >= 0.3 is 0 Å². The summed E-state index contributed by atoms with van der Waals surface area (Å²) in [6, 6.07) is 5.67. The summed E-state index contributed by atoms with van der Waals surface area (Å²) in [7, 11) is 0. The van der Waals surface area contributed by atoms with E-state index in [1.165, 1.54) is 0 Å². The molecule has 2 aliphatic heterocycles. The predicted octanol–water partition coefficient (Wildman–Crippen LogP) is 5.57. The maximum absolute atomic E-state index is 6.53. The number of anilines is 1. The molecule has 7 heteroatoms. The lowest BCUT2D eigenvalue weighted by Gasteiger charge is -2.39. The largest absolute Gasteiger partial charge is 0.374 e. The molecule has 2 fully saturated rings. The van der Waals surface area contributed by atoms with Crippen LogP contribution >= 0.6 is 23.2 Å². The van der Waals surface area contributed by atoms with Crippen LogP contribution in [0.4, 0.5) is 5.82 Å². The molecule has 0 saturated carbocycles. The third-order valence-electron chi connectivity index (χ3n) is 6.53. The van der Waals surface area contributed by atoms with Crippen LogP contribution in [0, 0.1) is 12.3 Å². The maximum Gasteiger partial charge on any atom is 0.180 e. The van der Waals surface area contributed by atoms with E-state index in [0.717, 1.165) is 67.4 Å². The molecule has 156 valence electrons. The summed E-state index contributed by atoms with van der Waals surface area (Å²) in [5.41, 5.74) is 3.79. The quantitative estimate of drug-likeness (QED) is 0.496. The summed E-state index contributed by atoms with van der Waals surface area (Å²) in [5.74, 6) is 0.924. The number of hydrogen-bond donors (Lipinski definition) is 0. The van der Waals surface area contributed by atoms with Gasteiger partial charge in [-0.15, -0.1) is 6.58 Å². The van der Waals surface area contributed by atoms with E-state index in [1.54, 1.807) is 6.07 Å². The second-order valence-corrected chi connectivity index (χ2v) is 9.15. The molecule has 0 amide bonds. The Morgan fingerprint density at radius 1 is 1.27 bits per heavy atom. The number of fused-ring (bicyclic) bond motifs is 1. The highest BCUT2D eigenvalue weighted by molar-refractivity contribution is 6.43. The average Bonchev–Trinajstić information content (AvgIpc) is 3.38. The smallest absolute Gasteiger partial charge is 0.180 e. The average molecular weight is 443 g/mol.